The van der Waals surface area contributed by atoms with E-state index < -0.39 is 0 Å². The maximum Gasteiger partial charge on any atom is 0.169 e. The van der Waals surface area contributed by atoms with E-state index in [0.29, 0.717) is 12.4 Å². The molecule has 0 amide bonds. The van der Waals surface area contributed by atoms with Gasteiger partial charge < -0.3 is 10.5 Å². The Kier molecular flexibility index (Phi) is 3.11. The number of fused-ring (bicyclic) bond motifs is 1. The molecule has 0 bridgehead atoms. The molecule has 5 heteroatoms. The fourth-order valence-electron chi connectivity index (χ4n) is 2.54. The molecule has 0 saturated carbocycles. The molecule has 0 saturated heterocycles. The molecule has 1 aromatic heterocycles. The Labute approximate surface area is 112 Å². The molecule has 3 rings (SSSR count). The summed E-state index contributed by atoms with van der Waals surface area (Å²) in [5.74, 6) is 1.52. The molecule has 1 atom stereocenters. The third-order valence-electron chi connectivity index (χ3n) is 3.44. The Morgan fingerprint density at radius 2 is 2.26 bits per heavy atom. The van der Waals surface area contributed by atoms with Crippen LogP contribution in [0, 0.1) is 0 Å². The minimum Gasteiger partial charge on any atom is -0.488 e. The van der Waals surface area contributed by atoms with Crippen LogP contribution in [0.3, 0.4) is 0 Å². The van der Waals surface area contributed by atoms with Gasteiger partial charge in [-0.3, -0.25) is 0 Å². The summed E-state index contributed by atoms with van der Waals surface area (Å²) in [4.78, 5) is 0. The Morgan fingerprint density at radius 1 is 1.42 bits per heavy atom. The molecule has 2 heterocycles. The molecule has 0 radical (unpaired) electrons. The summed E-state index contributed by atoms with van der Waals surface area (Å²) in [6.07, 6.45) is 2.97. The van der Waals surface area contributed by atoms with Gasteiger partial charge in [-0.1, -0.05) is 36.8 Å². The predicted octanol–water partition coefficient (Wildman–Crippen LogP) is 1.82. The number of benzene rings is 1. The highest BCUT2D eigenvalue weighted by Gasteiger charge is 2.24. The van der Waals surface area contributed by atoms with Gasteiger partial charge in [0.15, 0.2) is 5.82 Å². The highest BCUT2D eigenvalue weighted by atomic mass is 16.5. The molecule has 0 spiro atoms. The Balaban J connectivity index is 1.74. The molecule has 0 aliphatic carbocycles. The van der Waals surface area contributed by atoms with Crippen LogP contribution in [-0.4, -0.2) is 21.1 Å². The average Bonchev–Trinajstić information content (AvgIpc) is 2.96. The molecule has 1 aromatic carbocycles. The molecule has 5 nitrogen and oxygen atoms in total. The monoisotopic (exact) mass is 258 g/mol. The summed E-state index contributed by atoms with van der Waals surface area (Å²) in [7, 11) is 0. The number of hydrogen-bond donors (Lipinski definition) is 1. The summed E-state index contributed by atoms with van der Waals surface area (Å²) < 4.78 is 7.81. The molecule has 2 aromatic rings. The maximum absolute atomic E-state index is 5.92. The van der Waals surface area contributed by atoms with Gasteiger partial charge in [-0.05, 0) is 18.1 Å². The zero-order valence-electron chi connectivity index (χ0n) is 11.0. The van der Waals surface area contributed by atoms with Crippen molar-refractivity contribution in [3.8, 4) is 5.75 Å². The number of rotatable bonds is 4. The van der Waals surface area contributed by atoms with Crippen LogP contribution < -0.4 is 10.5 Å². The summed E-state index contributed by atoms with van der Waals surface area (Å²) in [5, 5.41) is 8.08. The largest absolute Gasteiger partial charge is 0.488 e. The first-order chi connectivity index (χ1) is 9.28. The highest BCUT2D eigenvalue weighted by Crippen LogP contribution is 2.29. The molecule has 100 valence electrons. The standard InChI is InChI=1S/C14H18N4O/c1-2-5-12-14(15)16-17-18(12)9-11-8-10-6-3-4-7-13(10)19-11/h3-4,6-7,11H,2,5,8-9,15H2,1H3. The predicted molar refractivity (Wildman–Crippen MR) is 73.0 cm³/mol. The second-order valence-electron chi connectivity index (χ2n) is 4.91. The third kappa shape index (κ3) is 2.28. The lowest BCUT2D eigenvalue weighted by Crippen LogP contribution is -2.23. The lowest BCUT2D eigenvalue weighted by molar-refractivity contribution is 0.200. The van der Waals surface area contributed by atoms with Crippen molar-refractivity contribution >= 4 is 5.82 Å². The van der Waals surface area contributed by atoms with E-state index in [2.05, 4.69) is 23.3 Å². The van der Waals surface area contributed by atoms with Gasteiger partial charge >= 0.3 is 0 Å². The summed E-state index contributed by atoms with van der Waals surface area (Å²) in [6.45, 7) is 2.83. The van der Waals surface area contributed by atoms with E-state index in [1.807, 2.05) is 22.9 Å². The first-order valence-corrected chi connectivity index (χ1v) is 6.70. The second-order valence-corrected chi connectivity index (χ2v) is 4.91. The van der Waals surface area contributed by atoms with Crippen molar-refractivity contribution in [2.75, 3.05) is 5.73 Å². The van der Waals surface area contributed by atoms with Crippen LogP contribution in [0.5, 0.6) is 5.75 Å². The smallest absolute Gasteiger partial charge is 0.169 e. The van der Waals surface area contributed by atoms with E-state index in [-0.39, 0.29) is 6.10 Å². The summed E-state index contributed by atoms with van der Waals surface area (Å²) >= 11 is 0. The summed E-state index contributed by atoms with van der Waals surface area (Å²) in [6, 6.07) is 8.16. The normalized spacial score (nSPS) is 17.2. The first kappa shape index (κ1) is 12.0. The molecule has 1 unspecified atom stereocenters. The lowest BCUT2D eigenvalue weighted by Gasteiger charge is -2.12. The number of aromatic nitrogens is 3. The van der Waals surface area contributed by atoms with Crippen molar-refractivity contribution in [3.05, 3.63) is 35.5 Å². The SMILES string of the molecule is CCCc1c(N)nnn1CC1Cc2ccccc2O1. The molecule has 2 N–H and O–H groups in total. The fourth-order valence-corrected chi connectivity index (χ4v) is 2.54. The second kappa shape index (κ2) is 4.91. The van der Waals surface area contributed by atoms with Crippen molar-refractivity contribution in [2.24, 2.45) is 0 Å². The average molecular weight is 258 g/mol. The van der Waals surface area contributed by atoms with Crippen LogP contribution in [0.25, 0.3) is 0 Å². The number of ether oxygens (including phenoxy) is 1. The van der Waals surface area contributed by atoms with Crippen molar-refractivity contribution < 1.29 is 4.74 Å². The van der Waals surface area contributed by atoms with E-state index >= 15 is 0 Å². The van der Waals surface area contributed by atoms with Gasteiger partial charge in [-0.2, -0.15) is 0 Å². The number of para-hydroxylation sites is 1. The lowest BCUT2D eigenvalue weighted by atomic mass is 10.1. The van der Waals surface area contributed by atoms with E-state index in [9.17, 15) is 0 Å². The quantitative estimate of drug-likeness (QED) is 0.908. The molecule has 19 heavy (non-hydrogen) atoms. The zero-order valence-corrected chi connectivity index (χ0v) is 11.0. The number of hydrogen-bond acceptors (Lipinski definition) is 4. The van der Waals surface area contributed by atoms with Gasteiger partial charge in [-0.15, -0.1) is 5.10 Å². The van der Waals surface area contributed by atoms with Crippen LogP contribution >= 0.6 is 0 Å². The van der Waals surface area contributed by atoms with E-state index in [1.54, 1.807) is 0 Å². The van der Waals surface area contributed by atoms with E-state index in [4.69, 9.17) is 10.5 Å². The summed E-state index contributed by atoms with van der Waals surface area (Å²) in [5.41, 5.74) is 8.13. The molecule has 0 fully saturated rings. The van der Waals surface area contributed by atoms with Crippen molar-refractivity contribution in [3.63, 3.8) is 0 Å². The third-order valence-corrected chi connectivity index (χ3v) is 3.44. The van der Waals surface area contributed by atoms with Gasteiger partial charge in [0.1, 0.15) is 11.9 Å². The highest BCUT2D eigenvalue weighted by molar-refractivity contribution is 5.37. The number of nitrogen functional groups attached to an aromatic ring is 1. The Morgan fingerprint density at radius 3 is 3.05 bits per heavy atom. The topological polar surface area (TPSA) is 66.0 Å². The Bertz CT molecular complexity index is 554. The van der Waals surface area contributed by atoms with Crippen LogP contribution in [-0.2, 0) is 19.4 Å². The minimum atomic E-state index is 0.120. The van der Waals surface area contributed by atoms with E-state index in [0.717, 1.165) is 30.7 Å². The maximum atomic E-state index is 5.92. The molecular weight excluding hydrogens is 240 g/mol. The van der Waals surface area contributed by atoms with Gasteiger partial charge in [-0.25, -0.2) is 4.68 Å². The fraction of sp³-hybridized carbons (Fsp3) is 0.429. The van der Waals surface area contributed by atoms with Gasteiger partial charge in [0.2, 0.25) is 0 Å². The number of nitrogens with two attached hydrogens (primary N) is 1. The van der Waals surface area contributed by atoms with Crippen molar-refractivity contribution in [2.45, 2.75) is 38.8 Å². The van der Waals surface area contributed by atoms with Crippen LogP contribution in [0.4, 0.5) is 5.82 Å². The van der Waals surface area contributed by atoms with E-state index in [1.165, 1.54) is 5.56 Å². The Hall–Kier alpha value is -2.04. The minimum absolute atomic E-state index is 0.120. The van der Waals surface area contributed by atoms with Crippen molar-refractivity contribution in [1.29, 1.82) is 0 Å². The van der Waals surface area contributed by atoms with Gasteiger partial charge in [0.25, 0.3) is 0 Å². The number of anilines is 1. The van der Waals surface area contributed by atoms with Crippen LogP contribution in [0.15, 0.2) is 24.3 Å². The van der Waals surface area contributed by atoms with Gasteiger partial charge in [0, 0.05) is 6.42 Å². The number of nitrogens with zero attached hydrogens (tertiary/aromatic N) is 3. The van der Waals surface area contributed by atoms with Crippen LogP contribution in [0.2, 0.25) is 0 Å². The molecule has 1 aliphatic heterocycles. The van der Waals surface area contributed by atoms with Gasteiger partial charge in [0.05, 0.1) is 12.2 Å². The molecule has 1 aliphatic rings. The van der Waals surface area contributed by atoms with Crippen LogP contribution in [0.1, 0.15) is 24.6 Å². The first-order valence-electron chi connectivity index (χ1n) is 6.70. The molecular formula is C14H18N4O. The zero-order chi connectivity index (χ0) is 13.2. The van der Waals surface area contributed by atoms with Crippen molar-refractivity contribution in [1.82, 2.24) is 15.0 Å².